The van der Waals surface area contributed by atoms with Crippen LogP contribution in [0.3, 0.4) is 0 Å². The zero-order chi connectivity index (χ0) is 11.8. The van der Waals surface area contributed by atoms with E-state index in [9.17, 15) is 9.59 Å². The minimum atomic E-state index is -0.773. The monoisotopic (exact) mass is 211 g/mol. The zero-order valence-electron chi connectivity index (χ0n) is 9.88. The quantitative estimate of drug-likeness (QED) is 0.647. The lowest BCUT2D eigenvalue weighted by molar-refractivity contribution is -0.142. The van der Waals surface area contributed by atoms with E-state index in [1.54, 1.807) is 34.7 Å². The zero-order valence-corrected chi connectivity index (χ0v) is 9.88. The number of carbonyl (C=O) groups is 2. The summed E-state index contributed by atoms with van der Waals surface area (Å²) in [6, 6.07) is 0. The van der Waals surface area contributed by atoms with Crippen molar-refractivity contribution in [1.82, 2.24) is 4.90 Å². The molecule has 0 aromatic heterocycles. The average Bonchev–Trinajstić information content (AvgIpc) is 2.28. The van der Waals surface area contributed by atoms with Gasteiger partial charge in [0, 0.05) is 12.7 Å². The standard InChI is InChI=1S/C11H17NO3/c1-6-15-9(13)8-7(2)12(5)10(14)11(8,3)4/h6H2,1-5H3. The van der Waals surface area contributed by atoms with Crippen molar-refractivity contribution in [2.24, 2.45) is 5.41 Å². The van der Waals surface area contributed by atoms with E-state index < -0.39 is 11.4 Å². The van der Waals surface area contributed by atoms with E-state index in [1.165, 1.54) is 4.90 Å². The molecular formula is C11H17NO3. The summed E-state index contributed by atoms with van der Waals surface area (Å²) in [5.74, 6) is -0.458. The van der Waals surface area contributed by atoms with Crippen molar-refractivity contribution >= 4 is 11.9 Å². The first-order valence-electron chi connectivity index (χ1n) is 5.00. The molecule has 0 aromatic carbocycles. The lowest BCUT2D eigenvalue weighted by atomic mass is 9.85. The number of rotatable bonds is 2. The number of allylic oxidation sites excluding steroid dienone is 1. The van der Waals surface area contributed by atoms with E-state index in [0.717, 1.165) is 0 Å². The van der Waals surface area contributed by atoms with Crippen molar-refractivity contribution in [3.63, 3.8) is 0 Å². The molecule has 1 rings (SSSR count). The van der Waals surface area contributed by atoms with Crippen molar-refractivity contribution in [2.75, 3.05) is 13.7 Å². The molecule has 15 heavy (non-hydrogen) atoms. The normalized spacial score (nSPS) is 19.8. The molecule has 1 heterocycles. The second-order valence-electron chi connectivity index (χ2n) is 4.17. The molecule has 1 aliphatic rings. The third kappa shape index (κ3) is 1.64. The molecule has 0 bridgehead atoms. The lowest BCUT2D eigenvalue weighted by Gasteiger charge is -2.19. The highest BCUT2D eigenvalue weighted by Gasteiger charge is 2.46. The predicted octanol–water partition coefficient (Wildman–Crippen LogP) is 1.32. The summed E-state index contributed by atoms with van der Waals surface area (Å²) in [7, 11) is 1.67. The molecule has 4 heteroatoms. The molecule has 0 saturated carbocycles. The molecule has 0 saturated heterocycles. The Hall–Kier alpha value is -1.32. The Balaban J connectivity index is 3.14. The number of esters is 1. The summed E-state index contributed by atoms with van der Waals surface area (Å²) in [5, 5.41) is 0. The van der Waals surface area contributed by atoms with Crippen LogP contribution >= 0.6 is 0 Å². The first-order chi connectivity index (χ1) is 6.84. The summed E-state index contributed by atoms with van der Waals surface area (Å²) >= 11 is 0. The van der Waals surface area contributed by atoms with Crippen LogP contribution in [0.25, 0.3) is 0 Å². The van der Waals surface area contributed by atoms with Crippen molar-refractivity contribution in [3.05, 3.63) is 11.3 Å². The maximum Gasteiger partial charge on any atom is 0.336 e. The molecule has 0 N–H and O–H groups in total. The molecule has 0 spiro atoms. The van der Waals surface area contributed by atoms with Crippen molar-refractivity contribution in [1.29, 1.82) is 0 Å². The van der Waals surface area contributed by atoms with E-state index in [2.05, 4.69) is 0 Å². The maximum absolute atomic E-state index is 11.8. The molecule has 1 aliphatic heterocycles. The second-order valence-corrected chi connectivity index (χ2v) is 4.17. The number of ether oxygens (including phenoxy) is 1. The highest BCUT2D eigenvalue weighted by molar-refractivity contribution is 6.04. The molecule has 0 unspecified atom stereocenters. The first-order valence-corrected chi connectivity index (χ1v) is 5.00. The van der Waals surface area contributed by atoms with Crippen LogP contribution in [-0.2, 0) is 14.3 Å². The van der Waals surface area contributed by atoms with Crippen LogP contribution in [0.15, 0.2) is 11.3 Å². The summed E-state index contributed by atoms with van der Waals surface area (Å²) in [5.41, 5.74) is 0.380. The van der Waals surface area contributed by atoms with Crippen LogP contribution in [0.4, 0.5) is 0 Å². The number of amides is 1. The molecular weight excluding hydrogens is 194 g/mol. The van der Waals surface area contributed by atoms with Gasteiger partial charge in [-0.2, -0.15) is 0 Å². The van der Waals surface area contributed by atoms with E-state index >= 15 is 0 Å². The van der Waals surface area contributed by atoms with Crippen molar-refractivity contribution < 1.29 is 14.3 Å². The third-order valence-electron chi connectivity index (χ3n) is 2.81. The van der Waals surface area contributed by atoms with Gasteiger partial charge in [-0.25, -0.2) is 4.79 Å². The van der Waals surface area contributed by atoms with Gasteiger partial charge in [0.1, 0.15) is 0 Å². The molecule has 0 atom stereocenters. The highest BCUT2D eigenvalue weighted by Crippen LogP contribution is 2.39. The van der Waals surface area contributed by atoms with Crippen LogP contribution in [-0.4, -0.2) is 30.4 Å². The SMILES string of the molecule is CCOC(=O)C1=C(C)N(C)C(=O)C1(C)C. The number of hydrogen-bond acceptors (Lipinski definition) is 3. The fourth-order valence-electron chi connectivity index (χ4n) is 1.90. The predicted molar refractivity (Wildman–Crippen MR) is 55.9 cm³/mol. The Labute approximate surface area is 89.9 Å². The fraction of sp³-hybridized carbons (Fsp3) is 0.636. The largest absolute Gasteiger partial charge is 0.463 e. The minimum Gasteiger partial charge on any atom is -0.463 e. The number of hydrogen-bond donors (Lipinski definition) is 0. The van der Waals surface area contributed by atoms with E-state index in [1.807, 2.05) is 0 Å². The summed E-state index contributed by atoms with van der Waals surface area (Å²) < 4.78 is 4.95. The van der Waals surface area contributed by atoms with Gasteiger partial charge >= 0.3 is 5.97 Å². The van der Waals surface area contributed by atoms with Gasteiger partial charge in [0.05, 0.1) is 17.6 Å². The van der Waals surface area contributed by atoms with Gasteiger partial charge in [-0.05, 0) is 27.7 Å². The van der Waals surface area contributed by atoms with Crippen LogP contribution in [0, 0.1) is 5.41 Å². The molecule has 0 aliphatic carbocycles. The number of carbonyl (C=O) groups excluding carboxylic acids is 2. The van der Waals surface area contributed by atoms with Crippen molar-refractivity contribution in [3.8, 4) is 0 Å². The minimum absolute atomic E-state index is 0.0666. The van der Waals surface area contributed by atoms with Gasteiger partial charge in [-0.15, -0.1) is 0 Å². The molecule has 0 fully saturated rings. The van der Waals surface area contributed by atoms with Gasteiger partial charge in [0.2, 0.25) is 5.91 Å². The van der Waals surface area contributed by atoms with Gasteiger partial charge in [-0.1, -0.05) is 0 Å². The van der Waals surface area contributed by atoms with E-state index in [0.29, 0.717) is 17.9 Å². The van der Waals surface area contributed by atoms with Crippen molar-refractivity contribution in [2.45, 2.75) is 27.7 Å². The summed E-state index contributed by atoms with van der Waals surface area (Å²) in [6.45, 7) is 7.33. The third-order valence-corrected chi connectivity index (χ3v) is 2.81. The molecule has 84 valence electrons. The smallest absolute Gasteiger partial charge is 0.336 e. The Kier molecular flexibility index (Phi) is 2.88. The highest BCUT2D eigenvalue weighted by atomic mass is 16.5. The molecule has 0 radical (unpaired) electrons. The first kappa shape index (κ1) is 11.8. The van der Waals surface area contributed by atoms with Crippen LogP contribution in [0.2, 0.25) is 0 Å². The Morgan fingerprint density at radius 1 is 1.47 bits per heavy atom. The van der Waals surface area contributed by atoms with Crippen LogP contribution < -0.4 is 0 Å². The summed E-state index contributed by atoms with van der Waals surface area (Å²) in [4.78, 5) is 25.0. The van der Waals surface area contributed by atoms with Gasteiger partial charge in [-0.3, -0.25) is 4.79 Å². The van der Waals surface area contributed by atoms with Gasteiger partial charge < -0.3 is 9.64 Å². The Morgan fingerprint density at radius 3 is 2.33 bits per heavy atom. The topological polar surface area (TPSA) is 46.6 Å². The van der Waals surface area contributed by atoms with Crippen LogP contribution in [0.1, 0.15) is 27.7 Å². The Bertz CT molecular complexity index is 342. The average molecular weight is 211 g/mol. The Morgan fingerprint density at radius 2 is 2.00 bits per heavy atom. The van der Waals surface area contributed by atoms with Gasteiger partial charge in [0.25, 0.3) is 0 Å². The molecule has 4 nitrogen and oxygen atoms in total. The molecule has 1 amide bonds. The summed E-state index contributed by atoms with van der Waals surface area (Å²) in [6.07, 6.45) is 0. The second kappa shape index (κ2) is 3.68. The number of nitrogens with zero attached hydrogens (tertiary/aromatic N) is 1. The van der Waals surface area contributed by atoms with E-state index in [-0.39, 0.29) is 5.91 Å². The van der Waals surface area contributed by atoms with Crippen LogP contribution in [0.5, 0.6) is 0 Å². The molecule has 0 aromatic rings. The maximum atomic E-state index is 11.8. The fourth-order valence-corrected chi connectivity index (χ4v) is 1.90. The van der Waals surface area contributed by atoms with Gasteiger partial charge in [0.15, 0.2) is 0 Å². The lowest BCUT2D eigenvalue weighted by Crippen LogP contribution is -2.32. The van der Waals surface area contributed by atoms with E-state index in [4.69, 9.17) is 4.74 Å².